The number of hydrogen-bond acceptors (Lipinski definition) is 5. The Balaban J connectivity index is 1.44. The lowest BCUT2D eigenvalue weighted by molar-refractivity contribution is 0.102. The number of nitrogens with zero attached hydrogens (tertiary/aromatic N) is 3. The van der Waals surface area contributed by atoms with Gasteiger partial charge in [0.2, 0.25) is 0 Å². The molecule has 2 aromatic heterocycles. The summed E-state index contributed by atoms with van der Waals surface area (Å²) in [6.45, 7) is 1.30. The number of imidazole rings is 1. The zero-order valence-corrected chi connectivity index (χ0v) is 16.6. The first-order chi connectivity index (χ1) is 14.1. The van der Waals surface area contributed by atoms with Crippen molar-refractivity contribution in [2.45, 2.75) is 13.0 Å². The molecule has 4 rings (SSSR count). The van der Waals surface area contributed by atoms with Crippen molar-refractivity contribution in [2.75, 3.05) is 19.0 Å². The number of nitrogens with one attached hydrogen (secondary N) is 1. The minimum atomic E-state index is -0.258. The van der Waals surface area contributed by atoms with E-state index in [0.29, 0.717) is 30.3 Å². The van der Waals surface area contributed by atoms with E-state index < -0.39 is 0 Å². The minimum absolute atomic E-state index is 0.235. The Kier molecular flexibility index (Phi) is 5.64. The van der Waals surface area contributed by atoms with Crippen LogP contribution < -0.4 is 5.32 Å². The third-order valence-corrected chi connectivity index (χ3v) is 5.40. The molecule has 148 valence electrons. The fourth-order valence-corrected chi connectivity index (χ4v) is 3.83. The van der Waals surface area contributed by atoms with Crippen molar-refractivity contribution in [2.24, 2.45) is 0 Å². The molecule has 0 aliphatic heterocycles. The largest absolute Gasteiger partial charge is 0.383 e. The standard InChI is InChI=1S/C21H19FN4O2S/c1-28-9-8-26-13-24-18-11-15(4-7-19(18)26)20(27)25-21-23-12-17(29-21)10-14-2-5-16(22)6-3-14/h2-7,11-13H,8-10H2,1H3,(H,23,25,27). The number of rotatable bonds is 7. The maximum atomic E-state index is 13.0. The van der Waals surface area contributed by atoms with E-state index in [-0.39, 0.29) is 11.7 Å². The molecular formula is C21H19FN4O2S. The van der Waals surface area contributed by atoms with Crippen molar-refractivity contribution in [1.82, 2.24) is 14.5 Å². The van der Waals surface area contributed by atoms with Crippen molar-refractivity contribution in [1.29, 1.82) is 0 Å². The van der Waals surface area contributed by atoms with Crippen molar-refractivity contribution in [3.05, 3.63) is 76.8 Å². The number of hydrogen-bond donors (Lipinski definition) is 1. The Hall–Kier alpha value is -3.10. The Morgan fingerprint density at radius 3 is 2.83 bits per heavy atom. The maximum Gasteiger partial charge on any atom is 0.257 e. The number of fused-ring (bicyclic) bond motifs is 1. The predicted molar refractivity (Wildman–Crippen MR) is 111 cm³/mol. The van der Waals surface area contributed by atoms with Crippen LogP contribution in [0.15, 0.2) is 55.0 Å². The molecule has 0 fully saturated rings. The number of ether oxygens (including phenoxy) is 1. The maximum absolute atomic E-state index is 13.0. The van der Waals surface area contributed by atoms with Crippen molar-refractivity contribution in [3.8, 4) is 0 Å². The van der Waals surface area contributed by atoms with Gasteiger partial charge in [-0.25, -0.2) is 14.4 Å². The lowest BCUT2D eigenvalue weighted by Gasteiger charge is -2.04. The number of thiazole rings is 1. The van der Waals surface area contributed by atoms with Crippen molar-refractivity contribution in [3.63, 3.8) is 0 Å². The molecule has 0 aliphatic rings. The van der Waals surface area contributed by atoms with Crippen LogP contribution >= 0.6 is 11.3 Å². The first-order valence-electron chi connectivity index (χ1n) is 9.07. The first-order valence-corrected chi connectivity index (χ1v) is 9.88. The van der Waals surface area contributed by atoms with Crippen LogP contribution in [0.3, 0.4) is 0 Å². The highest BCUT2D eigenvalue weighted by atomic mass is 32.1. The predicted octanol–water partition coefficient (Wildman–Crippen LogP) is 4.12. The highest BCUT2D eigenvalue weighted by Crippen LogP contribution is 2.23. The molecule has 0 spiro atoms. The third-order valence-electron chi connectivity index (χ3n) is 4.49. The minimum Gasteiger partial charge on any atom is -0.383 e. The van der Waals surface area contributed by atoms with Gasteiger partial charge in [-0.15, -0.1) is 11.3 Å². The van der Waals surface area contributed by atoms with Crippen LogP contribution in [0.2, 0.25) is 0 Å². The normalized spacial score (nSPS) is 11.1. The van der Waals surface area contributed by atoms with Crippen LogP contribution in [0.4, 0.5) is 9.52 Å². The fourth-order valence-electron chi connectivity index (χ4n) is 2.99. The summed E-state index contributed by atoms with van der Waals surface area (Å²) in [5.74, 6) is -0.493. The monoisotopic (exact) mass is 410 g/mol. The van der Waals surface area contributed by atoms with Gasteiger partial charge in [-0.3, -0.25) is 10.1 Å². The van der Waals surface area contributed by atoms with Gasteiger partial charge in [0, 0.05) is 36.7 Å². The molecule has 1 N–H and O–H groups in total. The Labute approximate surface area is 171 Å². The fraction of sp³-hybridized carbons (Fsp3) is 0.190. The van der Waals surface area contributed by atoms with E-state index in [9.17, 15) is 9.18 Å². The lowest BCUT2D eigenvalue weighted by Crippen LogP contribution is -2.11. The molecule has 29 heavy (non-hydrogen) atoms. The number of aromatic nitrogens is 3. The topological polar surface area (TPSA) is 69.0 Å². The van der Waals surface area contributed by atoms with E-state index in [0.717, 1.165) is 21.5 Å². The molecule has 1 amide bonds. The number of anilines is 1. The van der Waals surface area contributed by atoms with Gasteiger partial charge in [0.1, 0.15) is 5.82 Å². The SMILES string of the molecule is COCCn1cnc2cc(C(=O)Nc3ncc(Cc4ccc(F)cc4)s3)ccc21. The molecular weight excluding hydrogens is 391 g/mol. The molecule has 2 heterocycles. The molecule has 0 atom stereocenters. The zero-order valence-electron chi connectivity index (χ0n) is 15.8. The summed E-state index contributed by atoms with van der Waals surface area (Å²) in [5, 5.41) is 3.36. The van der Waals surface area contributed by atoms with E-state index >= 15 is 0 Å². The summed E-state index contributed by atoms with van der Waals surface area (Å²) in [6, 6.07) is 11.8. The number of carbonyl (C=O) groups is 1. The summed E-state index contributed by atoms with van der Waals surface area (Å²) >= 11 is 1.40. The van der Waals surface area contributed by atoms with E-state index in [1.807, 2.05) is 10.6 Å². The molecule has 4 aromatic rings. The van der Waals surface area contributed by atoms with Crippen molar-refractivity contribution < 1.29 is 13.9 Å². The van der Waals surface area contributed by atoms with Crippen LogP contribution in [-0.2, 0) is 17.7 Å². The Bertz CT molecular complexity index is 1140. The van der Waals surface area contributed by atoms with E-state index in [1.165, 1.54) is 23.5 Å². The molecule has 8 heteroatoms. The average Bonchev–Trinajstić information content (AvgIpc) is 3.34. The van der Waals surface area contributed by atoms with Gasteiger partial charge >= 0.3 is 0 Å². The quantitative estimate of drug-likeness (QED) is 0.498. The smallest absolute Gasteiger partial charge is 0.257 e. The average molecular weight is 410 g/mol. The van der Waals surface area contributed by atoms with Gasteiger partial charge in [-0.05, 0) is 35.9 Å². The van der Waals surface area contributed by atoms with Gasteiger partial charge in [0.05, 0.1) is 24.0 Å². The van der Waals surface area contributed by atoms with Crippen LogP contribution in [0.1, 0.15) is 20.8 Å². The molecule has 0 saturated carbocycles. The van der Waals surface area contributed by atoms with Crippen LogP contribution in [-0.4, -0.2) is 34.2 Å². The molecule has 0 radical (unpaired) electrons. The second-order valence-corrected chi connectivity index (χ2v) is 7.64. The van der Waals surface area contributed by atoms with E-state index in [4.69, 9.17) is 4.74 Å². The Morgan fingerprint density at radius 2 is 2.03 bits per heavy atom. The number of carbonyl (C=O) groups excluding carboxylic acids is 1. The molecule has 0 bridgehead atoms. The highest BCUT2D eigenvalue weighted by molar-refractivity contribution is 7.15. The van der Waals surface area contributed by atoms with E-state index in [2.05, 4.69) is 15.3 Å². The van der Waals surface area contributed by atoms with E-state index in [1.54, 1.807) is 43.9 Å². The second kappa shape index (κ2) is 8.50. The number of benzene rings is 2. The molecule has 0 unspecified atom stereocenters. The highest BCUT2D eigenvalue weighted by Gasteiger charge is 2.12. The Morgan fingerprint density at radius 1 is 1.21 bits per heavy atom. The molecule has 0 aliphatic carbocycles. The summed E-state index contributed by atoms with van der Waals surface area (Å²) in [5.41, 5.74) is 3.21. The van der Waals surface area contributed by atoms with Gasteiger partial charge < -0.3 is 9.30 Å². The number of halogens is 1. The summed E-state index contributed by atoms with van der Waals surface area (Å²) in [4.78, 5) is 22.2. The zero-order chi connectivity index (χ0) is 20.2. The van der Waals surface area contributed by atoms with Crippen LogP contribution in [0.25, 0.3) is 11.0 Å². The van der Waals surface area contributed by atoms with Gasteiger partial charge in [0.15, 0.2) is 5.13 Å². The number of methoxy groups -OCH3 is 1. The van der Waals surface area contributed by atoms with Gasteiger partial charge in [-0.1, -0.05) is 12.1 Å². The second-order valence-electron chi connectivity index (χ2n) is 6.52. The molecule has 6 nitrogen and oxygen atoms in total. The summed E-state index contributed by atoms with van der Waals surface area (Å²) in [7, 11) is 1.66. The van der Waals surface area contributed by atoms with Gasteiger partial charge in [-0.2, -0.15) is 0 Å². The summed E-state index contributed by atoms with van der Waals surface area (Å²) in [6.07, 6.45) is 4.11. The van der Waals surface area contributed by atoms with Crippen LogP contribution in [0.5, 0.6) is 0 Å². The summed E-state index contributed by atoms with van der Waals surface area (Å²) < 4.78 is 20.1. The lowest BCUT2D eigenvalue weighted by atomic mass is 10.1. The van der Waals surface area contributed by atoms with Crippen LogP contribution in [0, 0.1) is 5.82 Å². The molecule has 2 aromatic carbocycles. The van der Waals surface area contributed by atoms with Crippen molar-refractivity contribution >= 4 is 33.4 Å². The first kappa shape index (κ1) is 19.2. The third kappa shape index (κ3) is 4.49. The number of amides is 1. The van der Waals surface area contributed by atoms with Gasteiger partial charge in [0.25, 0.3) is 5.91 Å². The molecule has 0 saturated heterocycles.